The van der Waals surface area contributed by atoms with Gasteiger partial charge in [0.15, 0.2) is 0 Å². The highest BCUT2D eigenvalue weighted by atomic mass is 16.5. The van der Waals surface area contributed by atoms with Gasteiger partial charge in [0.05, 0.1) is 25.4 Å². The van der Waals surface area contributed by atoms with Crippen LogP contribution < -0.4 is 5.32 Å². The molecule has 0 aliphatic carbocycles. The fourth-order valence-electron chi connectivity index (χ4n) is 9.46. The second-order valence-electron chi connectivity index (χ2n) is 20.7. The van der Waals surface area contributed by atoms with Crippen molar-refractivity contribution < 1.29 is 24.5 Å². The minimum Gasteiger partial charge on any atom is -0.466 e. The van der Waals surface area contributed by atoms with E-state index in [-0.39, 0.29) is 18.5 Å². The van der Waals surface area contributed by atoms with Crippen molar-refractivity contribution in [1.29, 1.82) is 0 Å². The van der Waals surface area contributed by atoms with Crippen molar-refractivity contribution in [2.75, 3.05) is 13.2 Å². The molecule has 1 amide bonds. The molecule has 0 radical (unpaired) electrons. The molecule has 6 heteroatoms. The van der Waals surface area contributed by atoms with Gasteiger partial charge in [-0.25, -0.2) is 0 Å². The lowest BCUT2D eigenvalue weighted by Gasteiger charge is -2.22. The number of carbonyl (C=O) groups excluding carboxylic acids is 2. The lowest BCUT2D eigenvalue weighted by molar-refractivity contribution is -0.143. The van der Waals surface area contributed by atoms with Crippen molar-refractivity contribution in [2.24, 2.45) is 0 Å². The summed E-state index contributed by atoms with van der Waals surface area (Å²) in [5.74, 6) is -0.0477. The van der Waals surface area contributed by atoms with Crippen LogP contribution in [0.4, 0.5) is 0 Å². The maximum atomic E-state index is 12.5. The quantitative estimate of drug-likeness (QED) is 0.0321. The lowest BCUT2D eigenvalue weighted by Crippen LogP contribution is -2.45. The molecule has 2 atom stereocenters. The van der Waals surface area contributed by atoms with Crippen LogP contribution in [0.1, 0.15) is 335 Å². The highest BCUT2D eigenvalue weighted by Crippen LogP contribution is 2.18. The molecule has 6 nitrogen and oxygen atoms in total. The molecule has 66 heavy (non-hydrogen) atoms. The van der Waals surface area contributed by atoms with Gasteiger partial charge in [0.2, 0.25) is 5.91 Å². The third kappa shape index (κ3) is 52.0. The number of amides is 1. The first-order valence-electron chi connectivity index (χ1n) is 29.9. The third-order valence-electron chi connectivity index (χ3n) is 14.1. The number of allylic oxidation sites excluding steroid dienone is 2. The Hall–Kier alpha value is -1.40. The van der Waals surface area contributed by atoms with Gasteiger partial charge < -0.3 is 20.3 Å². The molecule has 3 N–H and O–H groups in total. The lowest BCUT2D eigenvalue weighted by atomic mass is 10.0. The average Bonchev–Trinajstić information content (AvgIpc) is 3.32. The van der Waals surface area contributed by atoms with Crippen molar-refractivity contribution in [3.05, 3.63) is 12.2 Å². The number of ether oxygens (including phenoxy) is 1. The Kier molecular flexibility index (Phi) is 55.0. The number of hydrogen-bond donors (Lipinski definition) is 3. The molecule has 0 saturated heterocycles. The number of carbonyl (C=O) groups is 2. The molecule has 0 bridgehead atoms. The number of aliphatic hydroxyl groups excluding tert-OH is 2. The molecule has 0 rings (SSSR count). The maximum absolute atomic E-state index is 12.5. The topological polar surface area (TPSA) is 95.9 Å². The van der Waals surface area contributed by atoms with Crippen molar-refractivity contribution in [3.63, 3.8) is 0 Å². The highest BCUT2D eigenvalue weighted by molar-refractivity contribution is 5.76. The zero-order chi connectivity index (χ0) is 47.9. The molecular weight excluding hydrogens is 815 g/mol. The molecule has 0 spiro atoms. The zero-order valence-corrected chi connectivity index (χ0v) is 44.7. The van der Waals surface area contributed by atoms with Crippen LogP contribution in [-0.4, -0.2) is 47.4 Å². The predicted molar refractivity (Wildman–Crippen MR) is 287 cm³/mol. The second kappa shape index (κ2) is 56.2. The first-order valence-corrected chi connectivity index (χ1v) is 29.9. The van der Waals surface area contributed by atoms with Gasteiger partial charge in [-0.2, -0.15) is 0 Å². The fraction of sp³-hybridized carbons (Fsp3) is 0.933. The van der Waals surface area contributed by atoms with E-state index < -0.39 is 12.1 Å². The summed E-state index contributed by atoms with van der Waals surface area (Å²) in [6.07, 6.45) is 66.3. The van der Waals surface area contributed by atoms with Crippen LogP contribution in [0.3, 0.4) is 0 Å². The van der Waals surface area contributed by atoms with Gasteiger partial charge in [0.25, 0.3) is 0 Å². The molecule has 0 fully saturated rings. The Morgan fingerprint density at radius 2 is 0.712 bits per heavy atom. The molecule has 392 valence electrons. The molecule has 0 heterocycles. The van der Waals surface area contributed by atoms with Gasteiger partial charge in [-0.3, -0.25) is 9.59 Å². The van der Waals surface area contributed by atoms with Gasteiger partial charge in [-0.15, -0.1) is 0 Å². The molecule has 0 aromatic heterocycles. The van der Waals surface area contributed by atoms with Crippen LogP contribution in [-0.2, 0) is 14.3 Å². The van der Waals surface area contributed by atoms with Crippen LogP contribution in [0.5, 0.6) is 0 Å². The Balaban J connectivity index is 3.44. The van der Waals surface area contributed by atoms with Crippen LogP contribution in [0.15, 0.2) is 12.2 Å². The van der Waals surface area contributed by atoms with Gasteiger partial charge in [-0.05, 0) is 51.4 Å². The predicted octanol–water partition coefficient (Wildman–Crippen LogP) is 18.5. The Morgan fingerprint density at radius 3 is 1.08 bits per heavy atom. The van der Waals surface area contributed by atoms with E-state index in [4.69, 9.17) is 4.74 Å². The summed E-state index contributed by atoms with van der Waals surface area (Å²) >= 11 is 0. The fourth-order valence-corrected chi connectivity index (χ4v) is 9.46. The zero-order valence-electron chi connectivity index (χ0n) is 44.7. The molecule has 0 aromatic carbocycles. The number of nitrogens with one attached hydrogen (secondary N) is 1. The number of aliphatic hydroxyl groups is 2. The number of rotatable bonds is 56. The van der Waals surface area contributed by atoms with Crippen LogP contribution in [0.2, 0.25) is 0 Å². The summed E-state index contributed by atoms with van der Waals surface area (Å²) < 4.78 is 5.48. The van der Waals surface area contributed by atoms with Crippen LogP contribution >= 0.6 is 0 Å². The SMILES string of the molecule is CCCCCCCCCCCCCCCCCCCC(O)C(CO)NC(=O)CCCCCCC/C=C\CCCCCCCCCOC(=O)CCCCCCCCCCCCCCCCCC. The molecule has 0 aromatic rings. The maximum Gasteiger partial charge on any atom is 0.305 e. The minimum absolute atomic E-state index is 0.00141. The van der Waals surface area contributed by atoms with Gasteiger partial charge in [0, 0.05) is 12.8 Å². The van der Waals surface area contributed by atoms with E-state index in [2.05, 4.69) is 31.3 Å². The van der Waals surface area contributed by atoms with E-state index in [0.717, 1.165) is 64.2 Å². The first kappa shape index (κ1) is 64.6. The second-order valence-corrected chi connectivity index (χ2v) is 20.7. The van der Waals surface area contributed by atoms with Crippen LogP contribution in [0.25, 0.3) is 0 Å². The summed E-state index contributed by atoms with van der Waals surface area (Å²) in [7, 11) is 0. The van der Waals surface area contributed by atoms with Crippen molar-refractivity contribution >= 4 is 11.9 Å². The highest BCUT2D eigenvalue weighted by Gasteiger charge is 2.20. The van der Waals surface area contributed by atoms with E-state index >= 15 is 0 Å². The van der Waals surface area contributed by atoms with E-state index in [1.165, 1.54) is 238 Å². The molecule has 2 unspecified atom stereocenters. The summed E-state index contributed by atoms with van der Waals surface area (Å²) in [5, 5.41) is 23.3. The smallest absolute Gasteiger partial charge is 0.305 e. The molecule has 0 saturated carbocycles. The van der Waals surface area contributed by atoms with E-state index in [9.17, 15) is 19.8 Å². The summed E-state index contributed by atoms with van der Waals surface area (Å²) in [5.41, 5.74) is 0. The van der Waals surface area contributed by atoms with E-state index in [1.54, 1.807) is 0 Å². The summed E-state index contributed by atoms with van der Waals surface area (Å²) in [4.78, 5) is 24.6. The van der Waals surface area contributed by atoms with Crippen LogP contribution in [0, 0.1) is 0 Å². The Morgan fingerprint density at radius 1 is 0.409 bits per heavy atom. The number of esters is 1. The third-order valence-corrected chi connectivity index (χ3v) is 14.1. The molecule has 0 aliphatic rings. The minimum atomic E-state index is -0.674. The monoisotopic (exact) mass is 932 g/mol. The normalized spacial score (nSPS) is 12.6. The van der Waals surface area contributed by atoms with Crippen molar-refractivity contribution in [2.45, 2.75) is 347 Å². The molecule has 0 aliphatic heterocycles. The molecular formula is C60H117NO5. The standard InChI is InChI=1S/C60H117NO5/c1-3-5-7-9-11-13-15-17-19-21-24-28-32-36-40-44-48-52-58(63)57(56-62)61-59(64)53-49-45-41-37-33-29-25-22-23-27-31-35-39-43-47-51-55-66-60(65)54-50-46-42-38-34-30-26-20-18-16-14-12-10-8-6-4-2/h22,25,57-58,62-63H,3-21,23-24,26-56H2,1-2H3,(H,61,64)/b25-22-. The first-order chi connectivity index (χ1) is 32.5. The van der Waals surface area contributed by atoms with Gasteiger partial charge in [-0.1, -0.05) is 283 Å². The van der Waals surface area contributed by atoms with E-state index in [1.807, 2.05) is 0 Å². The average molecular weight is 933 g/mol. The van der Waals surface area contributed by atoms with Gasteiger partial charge in [0.1, 0.15) is 0 Å². The number of unbranched alkanes of at least 4 members (excludes halogenated alkanes) is 43. The Bertz CT molecular complexity index is 986. The Labute approximate surface area is 412 Å². The summed E-state index contributed by atoms with van der Waals surface area (Å²) in [6, 6.07) is -0.553. The number of hydrogen-bond acceptors (Lipinski definition) is 5. The van der Waals surface area contributed by atoms with E-state index in [0.29, 0.717) is 25.9 Å². The van der Waals surface area contributed by atoms with Crippen molar-refractivity contribution in [1.82, 2.24) is 5.32 Å². The van der Waals surface area contributed by atoms with Gasteiger partial charge >= 0.3 is 5.97 Å². The summed E-state index contributed by atoms with van der Waals surface area (Å²) in [6.45, 7) is 4.96. The van der Waals surface area contributed by atoms with Crippen molar-refractivity contribution in [3.8, 4) is 0 Å². The largest absolute Gasteiger partial charge is 0.466 e.